The molecule has 7 nitrogen and oxygen atoms in total. The highest BCUT2D eigenvalue weighted by molar-refractivity contribution is 6.07. The minimum Gasteiger partial charge on any atom is -0.406 e. The summed E-state index contributed by atoms with van der Waals surface area (Å²) in [6.07, 6.45) is -3.83. The Labute approximate surface area is 169 Å². The standard InChI is InChI=1S/C20H18F3N3O4/c21-20(22,23)30-15-9-7-14(8-10-15)24-17(27)12-26-18(28)16(25-19(26)29)11-6-13-4-2-1-3-5-13/h1-5,7-10,16H,6,11-12H2,(H,24,27)(H,25,29). The van der Waals surface area contributed by atoms with Crippen molar-refractivity contribution in [3.8, 4) is 5.75 Å². The molecule has 2 aromatic carbocycles. The Morgan fingerprint density at radius 1 is 1.07 bits per heavy atom. The molecule has 158 valence electrons. The third kappa shape index (κ3) is 5.72. The average Bonchev–Trinajstić information content (AvgIpc) is 2.95. The van der Waals surface area contributed by atoms with Crippen molar-refractivity contribution >= 4 is 23.5 Å². The summed E-state index contributed by atoms with van der Waals surface area (Å²) in [6.45, 7) is -0.507. The quantitative estimate of drug-likeness (QED) is 0.673. The number of imide groups is 1. The van der Waals surface area contributed by atoms with Gasteiger partial charge in [0.25, 0.3) is 5.91 Å². The van der Waals surface area contributed by atoms with Crippen molar-refractivity contribution in [3.05, 3.63) is 60.2 Å². The van der Waals surface area contributed by atoms with E-state index in [1.54, 1.807) is 0 Å². The van der Waals surface area contributed by atoms with E-state index in [0.29, 0.717) is 12.8 Å². The second-order valence-corrected chi connectivity index (χ2v) is 6.57. The van der Waals surface area contributed by atoms with Crippen LogP contribution in [0.15, 0.2) is 54.6 Å². The van der Waals surface area contributed by atoms with Crippen LogP contribution in [0.25, 0.3) is 0 Å². The van der Waals surface area contributed by atoms with Crippen LogP contribution < -0.4 is 15.4 Å². The van der Waals surface area contributed by atoms with Crippen LogP contribution in [0.2, 0.25) is 0 Å². The number of amides is 4. The number of aryl methyl sites for hydroxylation is 1. The monoisotopic (exact) mass is 421 g/mol. The zero-order chi connectivity index (χ0) is 21.7. The lowest BCUT2D eigenvalue weighted by molar-refractivity contribution is -0.274. The number of rotatable bonds is 7. The molecular formula is C20H18F3N3O4. The Kier molecular flexibility index (Phi) is 6.24. The maximum atomic E-state index is 12.4. The van der Waals surface area contributed by atoms with Gasteiger partial charge in [0.2, 0.25) is 5.91 Å². The highest BCUT2D eigenvalue weighted by Crippen LogP contribution is 2.24. The lowest BCUT2D eigenvalue weighted by Crippen LogP contribution is -2.38. The van der Waals surface area contributed by atoms with Crippen molar-refractivity contribution < 1.29 is 32.3 Å². The number of nitrogens with zero attached hydrogens (tertiary/aromatic N) is 1. The number of alkyl halides is 3. The molecule has 0 aromatic heterocycles. The molecule has 0 aliphatic carbocycles. The number of ether oxygens (including phenoxy) is 1. The van der Waals surface area contributed by atoms with Crippen molar-refractivity contribution in [1.82, 2.24) is 10.2 Å². The molecule has 1 unspecified atom stereocenters. The van der Waals surface area contributed by atoms with Crippen LogP contribution in [-0.2, 0) is 16.0 Å². The molecule has 3 rings (SSSR count). The molecule has 1 heterocycles. The van der Waals surface area contributed by atoms with Gasteiger partial charge in [-0.3, -0.25) is 14.5 Å². The predicted molar refractivity (Wildman–Crippen MR) is 101 cm³/mol. The van der Waals surface area contributed by atoms with E-state index in [9.17, 15) is 27.6 Å². The first kappa shape index (κ1) is 21.2. The number of benzene rings is 2. The molecule has 2 aromatic rings. The summed E-state index contributed by atoms with van der Waals surface area (Å²) in [5, 5.41) is 4.98. The summed E-state index contributed by atoms with van der Waals surface area (Å²) in [7, 11) is 0. The van der Waals surface area contributed by atoms with E-state index in [-0.39, 0.29) is 5.69 Å². The number of urea groups is 1. The average molecular weight is 421 g/mol. The molecule has 30 heavy (non-hydrogen) atoms. The van der Waals surface area contributed by atoms with Gasteiger partial charge in [-0.15, -0.1) is 13.2 Å². The number of hydrogen-bond donors (Lipinski definition) is 2. The Balaban J connectivity index is 1.52. The van der Waals surface area contributed by atoms with Gasteiger partial charge < -0.3 is 15.4 Å². The third-order valence-electron chi connectivity index (χ3n) is 4.34. The fraction of sp³-hybridized carbons (Fsp3) is 0.250. The molecule has 1 aliphatic rings. The van der Waals surface area contributed by atoms with E-state index >= 15 is 0 Å². The molecule has 4 amide bonds. The second-order valence-electron chi connectivity index (χ2n) is 6.57. The highest BCUT2D eigenvalue weighted by atomic mass is 19.4. The lowest BCUT2D eigenvalue weighted by atomic mass is 10.1. The van der Waals surface area contributed by atoms with Gasteiger partial charge in [0.1, 0.15) is 18.3 Å². The van der Waals surface area contributed by atoms with Crippen LogP contribution in [-0.4, -0.2) is 41.7 Å². The molecule has 1 aliphatic heterocycles. The van der Waals surface area contributed by atoms with E-state index in [1.165, 1.54) is 12.1 Å². The van der Waals surface area contributed by atoms with Gasteiger partial charge >= 0.3 is 12.4 Å². The predicted octanol–water partition coefficient (Wildman–Crippen LogP) is 3.08. The van der Waals surface area contributed by atoms with Crippen LogP contribution in [0, 0.1) is 0 Å². The summed E-state index contributed by atoms with van der Waals surface area (Å²) in [5.41, 5.74) is 1.22. The lowest BCUT2D eigenvalue weighted by Gasteiger charge is -2.13. The summed E-state index contributed by atoms with van der Waals surface area (Å²) in [4.78, 5) is 37.5. The van der Waals surface area contributed by atoms with Gasteiger partial charge in [0.15, 0.2) is 0 Å². The highest BCUT2D eigenvalue weighted by Gasteiger charge is 2.38. The van der Waals surface area contributed by atoms with Gasteiger partial charge in [-0.25, -0.2) is 4.79 Å². The number of carbonyl (C=O) groups excluding carboxylic acids is 3. The maximum Gasteiger partial charge on any atom is 0.573 e. The third-order valence-corrected chi connectivity index (χ3v) is 4.34. The molecule has 0 radical (unpaired) electrons. The minimum absolute atomic E-state index is 0.196. The van der Waals surface area contributed by atoms with Gasteiger partial charge in [0.05, 0.1) is 0 Å². The first-order valence-corrected chi connectivity index (χ1v) is 9.03. The van der Waals surface area contributed by atoms with Crippen molar-refractivity contribution in [2.24, 2.45) is 0 Å². The number of hydrogen-bond acceptors (Lipinski definition) is 4. The van der Waals surface area contributed by atoms with Gasteiger partial charge in [0, 0.05) is 5.69 Å². The normalized spacial score (nSPS) is 16.4. The zero-order valence-electron chi connectivity index (χ0n) is 15.6. The topological polar surface area (TPSA) is 87.7 Å². The zero-order valence-corrected chi connectivity index (χ0v) is 15.6. The molecule has 0 spiro atoms. The number of nitrogens with one attached hydrogen (secondary N) is 2. The SMILES string of the molecule is O=C(CN1C(=O)NC(CCc2ccccc2)C1=O)Nc1ccc(OC(F)(F)F)cc1. The first-order chi connectivity index (χ1) is 14.2. The molecule has 0 bridgehead atoms. The fourth-order valence-electron chi connectivity index (χ4n) is 2.96. The Hall–Kier alpha value is -3.56. The second kappa shape index (κ2) is 8.85. The van der Waals surface area contributed by atoms with E-state index < -0.39 is 42.5 Å². The van der Waals surface area contributed by atoms with Crippen LogP contribution >= 0.6 is 0 Å². The molecule has 2 N–H and O–H groups in total. The molecule has 1 atom stereocenters. The van der Waals surface area contributed by atoms with Gasteiger partial charge in [-0.05, 0) is 42.7 Å². The summed E-state index contributed by atoms with van der Waals surface area (Å²) in [6, 6.07) is 12.6. The largest absolute Gasteiger partial charge is 0.573 e. The summed E-state index contributed by atoms with van der Waals surface area (Å²) >= 11 is 0. The fourth-order valence-corrected chi connectivity index (χ4v) is 2.96. The van der Waals surface area contributed by atoms with Crippen molar-refractivity contribution in [1.29, 1.82) is 0 Å². The minimum atomic E-state index is -4.81. The van der Waals surface area contributed by atoms with E-state index in [0.717, 1.165) is 22.6 Å². The van der Waals surface area contributed by atoms with Crippen LogP contribution in [0.1, 0.15) is 12.0 Å². The van der Waals surface area contributed by atoms with Crippen LogP contribution in [0.5, 0.6) is 5.75 Å². The smallest absolute Gasteiger partial charge is 0.406 e. The van der Waals surface area contributed by atoms with Crippen LogP contribution in [0.3, 0.4) is 0 Å². The molecule has 1 fully saturated rings. The Bertz CT molecular complexity index is 917. The van der Waals surface area contributed by atoms with Crippen molar-refractivity contribution in [2.75, 3.05) is 11.9 Å². The molecule has 1 saturated heterocycles. The summed E-state index contributed by atoms with van der Waals surface area (Å²) < 4.78 is 40.3. The van der Waals surface area contributed by atoms with Gasteiger partial charge in [-0.1, -0.05) is 30.3 Å². The van der Waals surface area contributed by atoms with Crippen LogP contribution in [0.4, 0.5) is 23.7 Å². The Morgan fingerprint density at radius 2 is 1.73 bits per heavy atom. The van der Waals surface area contributed by atoms with Crippen molar-refractivity contribution in [2.45, 2.75) is 25.2 Å². The molecular weight excluding hydrogens is 403 g/mol. The summed E-state index contributed by atoms with van der Waals surface area (Å²) in [5.74, 6) is -1.59. The first-order valence-electron chi connectivity index (χ1n) is 9.03. The molecule has 10 heteroatoms. The van der Waals surface area contributed by atoms with E-state index in [1.807, 2.05) is 30.3 Å². The van der Waals surface area contributed by atoms with E-state index in [4.69, 9.17) is 0 Å². The molecule has 0 saturated carbocycles. The number of halogens is 3. The van der Waals surface area contributed by atoms with Gasteiger partial charge in [-0.2, -0.15) is 0 Å². The maximum absolute atomic E-state index is 12.4. The number of carbonyl (C=O) groups is 3. The van der Waals surface area contributed by atoms with E-state index in [2.05, 4.69) is 15.4 Å². The van der Waals surface area contributed by atoms with Crippen molar-refractivity contribution in [3.63, 3.8) is 0 Å². The Morgan fingerprint density at radius 3 is 2.37 bits per heavy atom. The number of anilines is 1.